The highest BCUT2D eigenvalue weighted by atomic mass is 16.5. The molecule has 1 heterocycles. The number of ether oxygens (including phenoxy) is 3. The van der Waals surface area contributed by atoms with Crippen LogP contribution in [-0.4, -0.2) is 61.1 Å². The van der Waals surface area contributed by atoms with Crippen molar-refractivity contribution in [2.75, 3.05) is 32.2 Å². The zero-order chi connectivity index (χ0) is 24.7. The minimum atomic E-state index is -0.923. The number of nitrogens with zero attached hydrogens (tertiary/aromatic N) is 1. The number of imide groups is 1. The summed E-state index contributed by atoms with van der Waals surface area (Å²) in [6, 6.07) is 12.7. The molecule has 2 aromatic rings. The van der Waals surface area contributed by atoms with E-state index in [1.165, 1.54) is 12.1 Å². The highest BCUT2D eigenvalue weighted by molar-refractivity contribution is 6.06. The fourth-order valence-corrected chi connectivity index (χ4v) is 3.23. The average Bonchev–Trinajstić information content (AvgIpc) is 3.01. The van der Waals surface area contributed by atoms with Gasteiger partial charge in [0.2, 0.25) is 0 Å². The minimum Gasteiger partial charge on any atom is -0.497 e. The maximum atomic E-state index is 12.2. The molecule has 1 fully saturated rings. The first-order chi connectivity index (χ1) is 16.2. The highest BCUT2D eigenvalue weighted by Gasteiger charge is 2.43. The van der Waals surface area contributed by atoms with Crippen LogP contribution >= 0.6 is 0 Å². The molecule has 10 nitrogen and oxygen atoms in total. The van der Waals surface area contributed by atoms with Gasteiger partial charge in [0.1, 0.15) is 17.0 Å². The molecule has 3 rings (SSSR count). The third-order valence-corrected chi connectivity index (χ3v) is 5.02. The lowest BCUT2D eigenvalue weighted by Gasteiger charge is -2.15. The number of nitrogens with one attached hydrogen (secondary N) is 2. The number of amides is 4. The first-order valence-corrected chi connectivity index (χ1v) is 10.7. The smallest absolute Gasteiger partial charge is 0.338 e. The van der Waals surface area contributed by atoms with Crippen LogP contribution in [0.15, 0.2) is 48.5 Å². The molecule has 4 amide bonds. The number of hydrogen-bond acceptors (Lipinski definition) is 7. The lowest BCUT2D eigenvalue weighted by molar-refractivity contribution is -0.130. The van der Waals surface area contributed by atoms with Gasteiger partial charge in [0.05, 0.1) is 19.3 Å². The molecule has 1 aliphatic heterocycles. The Kier molecular flexibility index (Phi) is 7.72. The summed E-state index contributed by atoms with van der Waals surface area (Å²) in [7, 11) is 1.54. The zero-order valence-electron chi connectivity index (χ0n) is 19.3. The van der Waals surface area contributed by atoms with Gasteiger partial charge >= 0.3 is 12.0 Å². The van der Waals surface area contributed by atoms with E-state index >= 15 is 0 Å². The van der Waals surface area contributed by atoms with E-state index in [1.54, 1.807) is 57.4 Å². The second-order valence-electron chi connectivity index (χ2n) is 8.09. The van der Waals surface area contributed by atoms with Crippen LogP contribution in [0.2, 0.25) is 0 Å². The van der Waals surface area contributed by atoms with Crippen molar-refractivity contribution in [2.45, 2.75) is 25.8 Å². The van der Waals surface area contributed by atoms with Crippen molar-refractivity contribution in [3.63, 3.8) is 0 Å². The molecule has 10 heteroatoms. The number of hydrogen-bond donors (Lipinski definition) is 2. The lowest BCUT2D eigenvalue weighted by Crippen LogP contribution is -2.40. The van der Waals surface area contributed by atoms with Crippen molar-refractivity contribution in [2.24, 2.45) is 0 Å². The monoisotopic (exact) mass is 469 g/mol. The Labute approximate surface area is 197 Å². The number of carbonyl (C=O) groups is 4. The Hall–Kier alpha value is -4.08. The summed E-state index contributed by atoms with van der Waals surface area (Å²) in [4.78, 5) is 49.4. The number of anilines is 1. The van der Waals surface area contributed by atoms with Gasteiger partial charge < -0.3 is 24.8 Å². The zero-order valence-corrected chi connectivity index (χ0v) is 19.3. The topological polar surface area (TPSA) is 123 Å². The molecule has 0 spiro atoms. The molecule has 2 N–H and O–H groups in total. The number of benzene rings is 2. The van der Waals surface area contributed by atoms with Gasteiger partial charge in [-0.1, -0.05) is 6.07 Å². The predicted molar refractivity (Wildman–Crippen MR) is 123 cm³/mol. The Bertz CT molecular complexity index is 1070. The summed E-state index contributed by atoms with van der Waals surface area (Å²) in [6.07, 6.45) is 0.324. The van der Waals surface area contributed by atoms with E-state index in [0.717, 1.165) is 4.90 Å². The van der Waals surface area contributed by atoms with Crippen molar-refractivity contribution in [3.05, 3.63) is 54.1 Å². The Balaban J connectivity index is 1.39. The van der Waals surface area contributed by atoms with E-state index in [4.69, 9.17) is 14.2 Å². The van der Waals surface area contributed by atoms with Crippen LogP contribution in [0.1, 0.15) is 30.6 Å². The summed E-state index contributed by atoms with van der Waals surface area (Å²) in [5, 5.41) is 5.30. The van der Waals surface area contributed by atoms with Crippen molar-refractivity contribution in [1.29, 1.82) is 0 Å². The van der Waals surface area contributed by atoms with Crippen molar-refractivity contribution in [1.82, 2.24) is 10.2 Å². The van der Waals surface area contributed by atoms with Gasteiger partial charge in [0, 0.05) is 18.3 Å². The van der Waals surface area contributed by atoms with Crippen molar-refractivity contribution in [3.8, 4) is 11.5 Å². The molecular weight excluding hydrogens is 442 g/mol. The number of carbonyl (C=O) groups excluding carboxylic acids is 4. The van der Waals surface area contributed by atoms with Gasteiger partial charge in [0.25, 0.3) is 11.8 Å². The quantitative estimate of drug-likeness (QED) is 0.311. The summed E-state index contributed by atoms with van der Waals surface area (Å²) >= 11 is 0. The van der Waals surface area contributed by atoms with E-state index in [1.807, 2.05) is 0 Å². The van der Waals surface area contributed by atoms with E-state index in [9.17, 15) is 19.2 Å². The normalized spacial score (nSPS) is 14.4. The number of urea groups is 1. The molecule has 0 aliphatic carbocycles. The summed E-state index contributed by atoms with van der Waals surface area (Å²) in [6.45, 7) is 3.27. The number of rotatable bonds is 10. The molecule has 34 heavy (non-hydrogen) atoms. The molecule has 180 valence electrons. The summed E-state index contributed by atoms with van der Waals surface area (Å²) < 4.78 is 15.8. The van der Waals surface area contributed by atoms with Gasteiger partial charge in [-0.15, -0.1) is 0 Å². The first-order valence-electron chi connectivity index (χ1n) is 10.7. The van der Waals surface area contributed by atoms with Crippen LogP contribution in [0, 0.1) is 0 Å². The molecule has 1 saturated heterocycles. The lowest BCUT2D eigenvalue weighted by atomic mass is 10.1. The van der Waals surface area contributed by atoms with Gasteiger partial charge in [-0.3, -0.25) is 14.5 Å². The third kappa shape index (κ3) is 6.25. The molecule has 1 aliphatic rings. The van der Waals surface area contributed by atoms with E-state index in [-0.39, 0.29) is 31.6 Å². The summed E-state index contributed by atoms with van der Waals surface area (Å²) in [5.41, 5.74) is -0.0262. The van der Waals surface area contributed by atoms with E-state index < -0.39 is 17.5 Å². The van der Waals surface area contributed by atoms with Gasteiger partial charge in [-0.05, 0) is 56.7 Å². The molecular formula is C24H27N3O7. The SMILES string of the molecule is COc1cccc(NC(=O)COc2ccc(C(=O)OCCCN3C(=O)NC(C)(C)C3=O)cc2)c1. The van der Waals surface area contributed by atoms with Gasteiger partial charge in [-0.25, -0.2) is 9.59 Å². The van der Waals surface area contributed by atoms with Crippen LogP contribution in [0.4, 0.5) is 10.5 Å². The van der Waals surface area contributed by atoms with Crippen molar-refractivity contribution >= 4 is 29.5 Å². The van der Waals surface area contributed by atoms with Crippen LogP contribution < -0.4 is 20.1 Å². The Morgan fingerprint density at radius 2 is 1.79 bits per heavy atom. The fourth-order valence-electron chi connectivity index (χ4n) is 3.23. The van der Waals surface area contributed by atoms with Crippen LogP contribution in [0.25, 0.3) is 0 Å². The first kappa shape index (κ1) is 24.6. The largest absolute Gasteiger partial charge is 0.497 e. The van der Waals surface area contributed by atoms with Gasteiger partial charge in [-0.2, -0.15) is 0 Å². The molecule has 0 aromatic heterocycles. The molecule has 2 aromatic carbocycles. The van der Waals surface area contributed by atoms with Crippen LogP contribution in [0.3, 0.4) is 0 Å². The molecule has 0 atom stereocenters. The van der Waals surface area contributed by atoms with Crippen LogP contribution in [-0.2, 0) is 14.3 Å². The van der Waals surface area contributed by atoms with E-state index in [0.29, 0.717) is 29.2 Å². The second kappa shape index (κ2) is 10.7. The molecule has 0 radical (unpaired) electrons. The Morgan fingerprint density at radius 3 is 2.44 bits per heavy atom. The molecule has 0 bridgehead atoms. The maximum Gasteiger partial charge on any atom is 0.338 e. The third-order valence-electron chi connectivity index (χ3n) is 5.02. The maximum absolute atomic E-state index is 12.2. The predicted octanol–water partition coefficient (Wildman–Crippen LogP) is 2.59. The fraction of sp³-hybridized carbons (Fsp3) is 0.333. The van der Waals surface area contributed by atoms with Gasteiger partial charge in [0.15, 0.2) is 6.61 Å². The molecule has 0 saturated carbocycles. The number of methoxy groups -OCH3 is 1. The number of esters is 1. The summed E-state index contributed by atoms with van der Waals surface area (Å²) in [5.74, 6) is -0.152. The highest BCUT2D eigenvalue weighted by Crippen LogP contribution is 2.18. The second-order valence-corrected chi connectivity index (χ2v) is 8.09. The standard InChI is InChI=1S/C24H27N3O7/c1-24(2)22(30)27(23(31)26-24)12-5-13-33-21(29)16-8-10-18(11-9-16)34-15-20(28)25-17-6-4-7-19(14-17)32-3/h4,6-11,14H,5,12-13,15H2,1-3H3,(H,25,28)(H,26,31). The molecule has 0 unspecified atom stereocenters. The van der Waals surface area contributed by atoms with Crippen LogP contribution in [0.5, 0.6) is 11.5 Å². The minimum absolute atomic E-state index is 0.0546. The Morgan fingerprint density at radius 1 is 1.06 bits per heavy atom. The van der Waals surface area contributed by atoms with Crippen molar-refractivity contribution < 1.29 is 33.4 Å². The van der Waals surface area contributed by atoms with E-state index in [2.05, 4.69) is 10.6 Å². The average molecular weight is 469 g/mol.